The molecule has 11 heavy (non-hydrogen) atoms. The molecule has 0 N–H and O–H groups in total. The third-order valence-corrected chi connectivity index (χ3v) is 1.28. The standard InChI is InChI=1S/C9H11NO/c1-4-5-6-9-7(2)11-8(3)10-9/h4-6H,2H2,1,3H3/b5-4-,9-6+. The summed E-state index contributed by atoms with van der Waals surface area (Å²) in [5, 5.41) is 0.806. The van der Waals surface area contributed by atoms with E-state index in [-0.39, 0.29) is 0 Å². The third kappa shape index (κ3) is 1.80. The predicted molar refractivity (Wildman–Crippen MR) is 45.3 cm³/mol. The van der Waals surface area contributed by atoms with E-state index in [1.165, 1.54) is 0 Å². The van der Waals surface area contributed by atoms with Crippen LogP contribution in [0.2, 0.25) is 0 Å². The number of aromatic nitrogens is 1. The molecular weight excluding hydrogens is 138 g/mol. The van der Waals surface area contributed by atoms with Crippen LogP contribution in [-0.4, -0.2) is 4.98 Å². The molecule has 2 nitrogen and oxygen atoms in total. The van der Waals surface area contributed by atoms with Crippen molar-refractivity contribution in [2.45, 2.75) is 13.8 Å². The van der Waals surface area contributed by atoms with E-state index >= 15 is 0 Å². The summed E-state index contributed by atoms with van der Waals surface area (Å²) in [6, 6.07) is 0. The highest BCUT2D eigenvalue weighted by molar-refractivity contribution is 5.33. The van der Waals surface area contributed by atoms with Gasteiger partial charge in [0.2, 0.25) is 0 Å². The predicted octanol–water partition coefficient (Wildman–Crippen LogP) is 0.750. The molecule has 0 bridgehead atoms. The Balaban J connectivity index is 3.23. The first kappa shape index (κ1) is 7.79. The van der Waals surface area contributed by atoms with E-state index in [9.17, 15) is 0 Å². The van der Waals surface area contributed by atoms with Gasteiger partial charge in [-0.15, -0.1) is 0 Å². The van der Waals surface area contributed by atoms with Crippen molar-refractivity contribution in [3.05, 3.63) is 28.8 Å². The Kier molecular flexibility index (Phi) is 2.26. The summed E-state index contributed by atoms with van der Waals surface area (Å²) < 4.78 is 5.12. The molecule has 0 aliphatic rings. The molecule has 0 radical (unpaired) electrons. The lowest BCUT2D eigenvalue weighted by Crippen LogP contribution is -2.19. The van der Waals surface area contributed by atoms with E-state index in [1.54, 1.807) is 0 Å². The first-order valence-corrected chi connectivity index (χ1v) is 3.49. The summed E-state index contributed by atoms with van der Waals surface area (Å²) in [5.41, 5.74) is 0.626. The topological polar surface area (TPSA) is 26.0 Å². The van der Waals surface area contributed by atoms with Crippen molar-refractivity contribution in [2.24, 2.45) is 0 Å². The van der Waals surface area contributed by atoms with E-state index in [4.69, 9.17) is 4.42 Å². The van der Waals surface area contributed by atoms with Crippen molar-refractivity contribution in [3.63, 3.8) is 0 Å². The van der Waals surface area contributed by atoms with Crippen molar-refractivity contribution in [1.82, 2.24) is 4.98 Å². The van der Waals surface area contributed by atoms with Crippen LogP contribution in [0.4, 0.5) is 0 Å². The fourth-order valence-electron chi connectivity index (χ4n) is 0.803. The molecule has 0 aliphatic heterocycles. The summed E-state index contributed by atoms with van der Waals surface area (Å²) in [6.07, 6.45) is 5.72. The van der Waals surface area contributed by atoms with E-state index in [0.717, 1.165) is 5.35 Å². The number of hydrogen-bond acceptors (Lipinski definition) is 2. The second kappa shape index (κ2) is 3.19. The lowest BCUT2D eigenvalue weighted by molar-refractivity contribution is 0.493. The van der Waals surface area contributed by atoms with Gasteiger partial charge in [-0.2, -0.15) is 0 Å². The highest BCUT2D eigenvalue weighted by Crippen LogP contribution is 1.78. The van der Waals surface area contributed by atoms with Gasteiger partial charge in [0, 0.05) is 6.92 Å². The fraction of sp³-hybridized carbons (Fsp3) is 0.222. The summed E-state index contributed by atoms with van der Waals surface area (Å²) >= 11 is 0. The average molecular weight is 149 g/mol. The normalized spacial score (nSPS) is 13.1. The molecule has 0 aromatic carbocycles. The summed E-state index contributed by atoms with van der Waals surface area (Å²) in [4.78, 5) is 4.11. The Morgan fingerprint density at radius 1 is 1.55 bits per heavy atom. The maximum Gasteiger partial charge on any atom is 0.192 e. The number of allylic oxidation sites excluding steroid dienone is 2. The average Bonchev–Trinajstić information content (AvgIpc) is 2.26. The molecular formula is C9H11NO. The van der Waals surface area contributed by atoms with Gasteiger partial charge in [0.25, 0.3) is 0 Å². The quantitative estimate of drug-likeness (QED) is 0.589. The number of hydrogen-bond donors (Lipinski definition) is 0. The Morgan fingerprint density at radius 2 is 2.27 bits per heavy atom. The molecule has 0 aliphatic carbocycles. The van der Waals surface area contributed by atoms with E-state index in [1.807, 2.05) is 32.1 Å². The van der Waals surface area contributed by atoms with Crippen LogP contribution in [0.25, 0.3) is 12.7 Å². The maximum atomic E-state index is 5.12. The van der Waals surface area contributed by atoms with Crippen LogP contribution in [-0.2, 0) is 0 Å². The lowest BCUT2D eigenvalue weighted by atomic mass is 10.4. The fourth-order valence-corrected chi connectivity index (χ4v) is 0.803. The van der Waals surface area contributed by atoms with Crippen LogP contribution in [0.5, 0.6) is 0 Å². The molecule has 0 saturated carbocycles. The number of nitrogens with zero attached hydrogens (tertiary/aromatic N) is 1. The van der Waals surface area contributed by atoms with Crippen LogP contribution in [0.3, 0.4) is 0 Å². The van der Waals surface area contributed by atoms with E-state index in [2.05, 4.69) is 11.6 Å². The van der Waals surface area contributed by atoms with Crippen molar-refractivity contribution in [2.75, 3.05) is 0 Å². The smallest absolute Gasteiger partial charge is 0.192 e. The Labute approximate surface area is 65.6 Å². The number of rotatable bonds is 1. The van der Waals surface area contributed by atoms with Crippen molar-refractivity contribution >= 4 is 12.7 Å². The Bertz CT molecular complexity index is 359. The van der Waals surface area contributed by atoms with Gasteiger partial charge in [0.1, 0.15) is 10.8 Å². The molecule has 0 atom stereocenters. The van der Waals surface area contributed by atoms with Crippen LogP contribution in [0.1, 0.15) is 12.8 Å². The molecule has 0 saturated heterocycles. The van der Waals surface area contributed by atoms with Crippen LogP contribution < -0.4 is 10.8 Å². The highest BCUT2D eigenvalue weighted by atomic mass is 16.3. The van der Waals surface area contributed by atoms with Crippen molar-refractivity contribution in [1.29, 1.82) is 0 Å². The SMILES string of the molecule is C=c1oc(C)n/c1=C/C=C\C. The number of aryl methyl sites for hydroxylation is 1. The van der Waals surface area contributed by atoms with E-state index in [0.29, 0.717) is 11.3 Å². The second-order valence-electron chi connectivity index (χ2n) is 2.23. The van der Waals surface area contributed by atoms with Crippen molar-refractivity contribution < 1.29 is 4.42 Å². The summed E-state index contributed by atoms with van der Waals surface area (Å²) in [7, 11) is 0. The monoisotopic (exact) mass is 149 g/mol. The largest absolute Gasteiger partial charge is 0.442 e. The summed E-state index contributed by atoms with van der Waals surface area (Å²) in [6.45, 7) is 7.46. The van der Waals surface area contributed by atoms with Gasteiger partial charge in [-0.3, -0.25) is 0 Å². The third-order valence-electron chi connectivity index (χ3n) is 1.28. The van der Waals surface area contributed by atoms with Gasteiger partial charge in [-0.1, -0.05) is 18.7 Å². The van der Waals surface area contributed by atoms with Gasteiger partial charge >= 0.3 is 0 Å². The molecule has 0 spiro atoms. The van der Waals surface area contributed by atoms with Gasteiger partial charge in [-0.25, -0.2) is 4.98 Å². The molecule has 0 fully saturated rings. The molecule has 1 heterocycles. The van der Waals surface area contributed by atoms with E-state index < -0.39 is 0 Å². The van der Waals surface area contributed by atoms with Gasteiger partial charge in [0.05, 0.1) is 0 Å². The van der Waals surface area contributed by atoms with Crippen molar-refractivity contribution in [3.8, 4) is 0 Å². The minimum absolute atomic E-state index is 0.626. The molecule has 0 amide bonds. The molecule has 1 aromatic rings. The molecule has 1 aromatic heterocycles. The zero-order valence-corrected chi connectivity index (χ0v) is 6.79. The molecule has 58 valence electrons. The maximum absolute atomic E-state index is 5.12. The number of oxazole rings is 1. The minimum Gasteiger partial charge on any atom is -0.442 e. The Morgan fingerprint density at radius 3 is 2.73 bits per heavy atom. The van der Waals surface area contributed by atoms with Gasteiger partial charge < -0.3 is 4.42 Å². The second-order valence-corrected chi connectivity index (χ2v) is 2.23. The van der Waals surface area contributed by atoms with Crippen LogP contribution in [0, 0.1) is 6.92 Å². The lowest BCUT2D eigenvalue weighted by Gasteiger charge is -1.69. The molecule has 0 unspecified atom stereocenters. The molecule has 2 heteroatoms. The first-order chi connectivity index (χ1) is 5.24. The minimum atomic E-state index is 0.626. The van der Waals surface area contributed by atoms with Gasteiger partial charge in [-0.05, 0) is 13.0 Å². The van der Waals surface area contributed by atoms with Crippen LogP contribution >= 0.6 is 0 Å². The van der Waals surface area contributed by atoms with Gasteiger partial charge in [0.15, 0.2) is 5.89 Å². The zero-order chi connectivity index (χ0) is 8.27. The molecule has 1 rings (SSSR count). The Hall–Kier alpha value is -1.31. The zero-order valence-electron chi connectivity index (χ0n) is 6.79. The van der Waals surface area contributed by atoms with Crippen LogP contribution in [0.15, 0.2) is 16.6 Å². The summed E-state index contributed by atoms with van der Waals surface area (Å²) in [5.74, 6) is 0.658. The highest BCUT2D eigenvalue weighted by Gasteiger charge is 1.90. The first-order valence-electron chi connectivity index (χ1n) is 3.49.